The lowest BCUT2D eigenvalue weighted by molar-refractivity contribution is -0.0372. The number of nitrogen functional groups attached to an aromatic ring is 1. The number of anilines is 2. The van der Waals surface area contributed by atoms with Crippen molar-refractivity contribution >= 4 is 21.4 Å². The minimum absolute atomic E-state index is 0.0736. The SMILES string of the molecule is Cc1c(NCC(F)(F)CO)cc(N)cc1S(N)(=O)=O. The molecule has 0 aromatic heterocycles. The van der Waals surface area contributed by atoms with Gasteiger partial charge in [0.2, 0.25) is 10.0 Å². The van der Waals surface area contributed by atoms with Gasteiger partial charge in [0.25, 0.3) is 5.92 Å². The molecule has 1 aromatic carbocycles. The first kappa shape index (κ1) is 15.6. The molecule has 0 radical (unpaired) electrons. The second-order valence-electron chi connectivity index (χ2n) is 4.10. The minimum Gasteiger partial charge on any atom is -0.399 e. The maximum atomic E-state index is 12.9. The summed E-state index contributed by atoms with van der Waals surface area (Å²) in [6.07, 6.45) is 0. The second kappa shape index (κ2) is 5.27. The number of halogens is 2. The molecule has 0 unspecified atom stereocenters. The van der Waals surface area contributed by atoms with Crippen molar-refractivity contribution in [2.75, 3.05) is 24.2 Å². The van der Waals surface area contributed by atoms with Crippen molar-refractivity contribution in [2.24, 2.45) is 5.14 Å². The van der Waals surface area contributed by atoms with Crippen LogP contribution in [0.3, 0.4) is 0 Å². The van der Waals surface area contributed by atoms with Gasteiger partial charge >= 0.3 is 0 Å². The van der Waals surface area contributed by atoms with Gasteiger partial charge in [-0.1, -0.05) is 0 Å². The molecule has 0 atom stereocenters. The summed E-state index contributed by atoms with van der Waals surface area (Å²) in [4.78, 5) is -0.234. The molecule has 0 aliphatic rings. The van der Waals surface area contributed by atoms with E-state index < -0.39 is 29.1 Å². The van der Waals surface area contributed by atoms with Gasteiger partial charge in [-0.2, -0.15) is 0 Å². The van der Waals surface area contributed by atoms with Gasteiger partial charge < -0.3 is 16.2 Å². The molecule has 0 amide bonds. The highest BCUT2D eigenvalue weighted by atomic mass is 32.2. The fraction of sp³-hybridized carbons (Fsp3) is 0.400. The largest absolute Gasteiger partial charge is 0.399 e. The molecule has 6 N–H and O–H groups in total. The lowest BCUT2D eigenvalue weighted by Gasteiger charge is -2.18. The molecule has 0 spiro atoms. The third-order valence-corrected chi connectivity index (χ3v) is 3.49. The van der Waals surface area contributed by atoms with Crippen LogP contribution in [0, 0.1) is 6.92 Å². The zero-order valence-electron chi connectivity index (χ0n) is 10.2. The van der Waals surface area contributed by atoms with E-state index in [2.05, 4.69) is 5.32 Å². The number of nitrogens with one attached hydrogen (secondary N) is 1. The Morgan fingerprint density at radius 3 is 2.47 bits per heavy atom. The Morgan fingerprint density at radius 1 is 1.42 bits per heavy atom. The lowest BCUT2D eigenvalue weighted by atomic mass is 10.1. The van der Waals surface area contributed by atoms with E-state index in [9.17, 15) is 17.2 Å². The van der Waals surface area contributed by atoms with E-state index in [0.717, 1.165) is 6.07 Å². The van der Waals surface area contributed by atoms with E-state index in [-0.39, 0.29) is 21.8 Å². The standard InChI is InChI=1S/C10H15F2N3O3S/c1-6-8(15-4-10(11,12)5-16)2-7(13)3-9(6)19(14,17)18/h2-3,15-16H,4-5,13H2,1H3,(H2,14,17,18). The molecular formula is C10H15F2N3O3S. The molecule has 0 heterocycles. The first-order valence-corrected chi connectivity index (χ1v) is 6.77. The van der Waals surface area contributed by atoms with E-state index in [0.29, 0.717) is 0 Å². The van der Waals surface area contributed by atoms with Gasteiger partial charge in [0, 0.05) is 11.4 Å². The highest BCUT2D eigenvalue weighted by Gasteiger charge is 2.28. The van der Waals surface area contributed by atoms with E-state index in [1.807, 2.05) is 0 Å². The van der Waals surface area contributed by atoms with Crippen LogP contribution < -0.4 is 16.2 Å². The van der Waals surface area contributed by atoms with E-state index >= 15 is 0 Å². The van der Waals surface area contributed by atoms with Gasteiger partial charge in [0.15, 0.2) is 0 Å². The van der Waals surface area contributed by atoms with Crippen molar-refractivity contribution in [1.82, 2.24) is 0 Å². The van der Waals surface area contributed by atoms with Crippen molar-refractivity contribution in [3.05, 3.63) is 17.7 Å². The van der Waals surface area contributed by atoms with Crippen LogP contribution in [0.1, 0.15) is 5.56 Å². The van der Waals surface area contributed by atoms with Gasteiger partial charge in [-0.15, -0.1) is 0 Å². The van der Waals surface area contributed by atoms with Crippen LogP contribution in [0.25, 0.3) is 0 Å². The zero-order chi connectivity index (χ0) is 14.8. The Bertz CT molecular complexity index is 576. The fourth-order valence-corrected chi connectivity index (χ4v) is 2.31. The van der Waals surface area contributed by atoms with E-state index in [1.54, 1.807) is 0 Å². The summed E-state index contributed by atoms with van der Waals surface area (Å²) in [5.74, 6) is -3.32. The quantitative estimate of drug-likeness (QED) is 0.581. The summed E-state index contributed by atoms with van der Waals surface area (Å²) in [7, 11) is -3.99. The summed E-state index contributed by atoms with van der Waals surface area (Å²) in [5, 5.41) is 15.8. The Kier molecular flexibility index (Phi) is 4.33. The molecule has 0 aliphatic carbocycles. The molecule has 1 aromatic rings. The van der Waals surface area contributed by atoms with Crippen LogP contribution in [0.4, 0.5) is 20.2 Å². The normalized spacial score (nSPS) is 12.5. The zero-order valence-corrected chi connectivity index (χ0v) is 11.0. The first-order valence-electron chi connectivity index (χ1n) is 5.22. The number of sulfonamides is 1. The number of aliphatic hydroxyl groups is 1. The number of rotatable bonds is 5. The maximum Gasteiger partial charge on any atom is 0.287 e. The molecule has 0 saturated carbocycles. The summed E-state index contributed by atoms with van der Waals surface area (Å²) in [6, 6.07) is 2.47. The minimum atomic E-state index is -3.99. The van der Waals surface area contributed by atoms with Crippen LogP contribution in [0.2, 0.25) is 0 Å². The average molecular weight is 295 g/mol. The highest BCUT2D eigenvalue weighted by Crippen LogP contribution is 2.27. The van der Waals surface area contributed by atoms with Crippen LogP contribution >= 0.6 is 0 Å². The molecule has 0 saturated heterocycles. The summed E-state index contributed by atoms with van der Waals surface area (Å²) < 4.78 is 48.5. The molecule has 1 rings (SSSR count). The Labute approximate surface area is 109 Å². The summed E-state index contributed by atoms with van der Waals surface area (Å²) in [6.45, 7) is -0.750. The molecule has 0 bridgehead atoms. The van der Waals surface area contributed by atoms with Crippen molar-refractivity contribution in [2.45, 2.75) is 17.7 Å². The number of alkyl halides is 2. The molecule has 0 aliphatic heterocycles. The summed E-state index contributed by atoms with van der Waals surface area (Å²) in [5.41, 5.74) is 5.88. The smallest absolute Gasteiger partial charge is 0.287 e. The van der Waals surface area contributed by atoms with Gasteiger partial charge in [-0.05, 0) is 24.6 Å². The molecule has 108 valence electrons. The van der Waals surface area contributed by atoms with Crippen molar-refractivity contribution in [3.8, 4) is 0 Å². The topological polar surface area (TPSA) is 118 Å². The Hall–Kier alpha value is -1.45. The first-order chi connectivity index (χ1) is 8.57. The molecule has 0 fully saturated rings. The van der Waals surface area contributed by atoms with Crippen LogP contribution in [-0.2, 0) is 10.0 Å². The number of benzene rings is 1. The maximum absolute atomic E-state index is 12.9. The lowest BCUT2D eigenvalue weighted by Crippen LogP contribution is -2.31. The Balaban J connectivity index is 3.13. The second-order valence-corrected chi connectivity index (χ2v) is 5.63. The number of primary sulfonamides is 1. The molecular weight excluding hydrogens is 280 g/mol. The predicted molar refractivity (Wildman–Crippen MR) is 67.5 cm³/mol. The van der Waals surface area contributed by atoms with Crippen LogP contribution in [0.15, 0.2) is 17.0 Å². The summed E-state index contributed by atoms with van der Waals surface area (Å²) >= 11 is 0. The van der Waals surface area contributed by atoms with Crippen LogP contribution in [-0.4, -0.2) is 32.6 Å². The number of aliphatic hydroxyl groups excluding tert-OH is 1. The van der Waals surface area contributed by atoms with Crippen molar-refractivity contribution < 1.29 is 22.3 Å². The van der Waals surface area contributed by atoms with Gasteiger partial charge in [0.05, 0.1) is 11.4 Å². The van der Waals surface area contributed by atoms with Gasteiger partial charge in [-0.3, -0.25) is 0 Å². The molecule has 19 heavy (non-hydrogen) atoms. The predicted octanol–water partition coefficient (Wildman–Crippen LogP) is 0.264. The van der Waals surface area contributed by atoms with Crippen molar-refractivity contribution in [3.63, 3.8) is 0 Å². The fourth-order valence-electron chi connectivity index (χ4n) is 1.47. The number of hydrogen-bond acceptors (Lipinski definition) is 5. The van der Waals surface area contributed by atoms with E-state index in [4.69, 9.17) is 16.0 Å². The van der Waals surface area contributed by atoms with Crippen LogP contribution in [0.5, 0.6) is 0 Å². The third kappa shape index (κ3) is 4.01. The highest BCUT2D eigenvalue weighted by molar-refractivity contribution is 7.89. The monoisotopic (exact) mass is 295 g/mol. The molecule has 6 nitrogen and oxygen atoms in total. The van der Waals surface area contributed by atoms with Gasteiger partial charge in [-0.25, -0.2) is 22.3 Å². The van der Waals surface area contributed by atoms with E-state index in [1.165, 1.54) is 13.0 Å². The van der Waals surface area contributed by atoms with Crippen molar-refractivity contribution in [1.29, 1.82) is 0 Å². The Morgan fingerprint density at radius 2 is 2.00 bits per heavy atom. The van der Waals surface area contributed by atoms with Gasteiger partial charge in [0.1, 0.15) is 6.61 Å². The third-order valence-electron chi connectivity index (χ3n) is 2.46. The number of nitrogens with two attached hydrogens (primary N) is 2. The number of hydrogen-bond donors (Lipinski definition) is 4. The average Bonchev–Trinajstić information content (AvgIpc) is 2.28. The molecule has 9 heteroatoms.